The number of nitrogens with one attached hydrogen (secondary N) is 1. The van der Waals surface area contributed by atoms with Crippen LogP contribution in [0.2, 0.25) is 0 Å². The highest BCUT2D eigenvalue weighted by atomic mass is 16.3. The molecule has 8 nitrogen and oxygen atoms in total. The Morgan fingerprint density at radius 2 is 1.91 bits per heavy atom. The zero-order chi connectivity index (χ0) is 24.6. The summed E-state index contributed by atoms with van der Waals surface area (Å²) >= 11 is 0. The van der Waals surface area contributed by atoms with Crippen molar-refractivity contribution in [2.45, 2.75) is 62.8 Å². The number of hydrogen-bond donors (Lipinski definition) is 2. The van der Waals surface area contributed by atoms with Gasteiger partial charge < -0.3 is 19.8 Å². The number of benzene rings is 1. The van der Waals surface area contributed by atoms with Crippen molar-refractivity contribution in [1.29, 1.82) is 0 Å². The van der Waals surface area contributed by atoms with Gasteiger partial charge in [0, 0.05) is 45.2 Å². The number of fused-ring (bicyclic) bond motifs is 2. The molecule has 4 fully saturated rings. The van der Waals surface area contributed by atoms with Gasteiger partial charge >= 0.3 is 0 Å². The summed E-state index contributed by atoms with van der Waals surface area (Å²) in [5, 5.41) is 14.8. The third-order valence-corrected chi connectivity index (χ3v) is 8.66. The summed E-state index contributed by atoms with van der Waals surface area (Å²) in [4.78, 5) is 34.5. The molecule has 4 aliphatic heterocycles. The second-order valence-corrected chi connectivity index (χ2v) is 11.5. The molecule has 0 radical (unpaired) electrons. The van der Waals surface area contributed by atoms with Gasteiger partial charge in [-0.15, -0.1) is 0 Å². The molecule has 1 aromatic carbocycles. The molecule has 1 aromatic rings. The smallest absolute Gasteiger partial charge is 0.226 e. The molecule has 2 amide bonds. The average Bonchev–Trinajstić information content (AvgIpc) is 3.15. The predicted octanol–water partition coefficient (Wildman–Crippen LogP) is 1.28. The summed E-state index contributed by atoms with van der Waals surface area (Å²) in [6.45, 7) is 7.27. The molecule has 0 aromatic heterocycles. The van der Waals surface area contributed by atoms with Gasteiger partial charge in [-0.25, -0.2) is 0 Å². The minimum Gasteiger partial charge on any atom is -0.388 e. The maximum atomic E-state index is 13.0. The van der Waals surface area contributed by atoms with Crippen molar-refractivity contribution < 1.29 is 14.7 Å². The van der Waals surface area contributed by atoms with E-state index in [-0.39, 0.29) is 23.9 Å². The van der Waals surface area contributed by atoms with E-state index in [1.165, 1.54) is 12.0 Å². The van der Waals surface area contributed by atoms with Crippen LogP contribution < -0.4 is 5.32 Å². The summed E-state index contributed by atoms with van der Waals surface area (Å²) in [7, 11) is 2.19. The topological polar surface area (TPSA) is 79.4 Å². The Labute approximate surface area is 209 Å². The molecule has 5 rings (SSSR count). The monoisotopic (exact) mass is 483 g/mol. The lowest BCUT2D eigenvalue weighted by Gasteiger charge is -2.44. The highest BCUT2D eigenvalue weighted by Crippen LogP contribution is 2.32. The predicted molar refractivity (Wildman–Crippen MR) is 134 cm³/mol. The van der Waals surface area contributed by atoms with E-state index >= 15 is 0 Å². The van der Waals surface area contributed by atoms with Crippen LogP contribution in [-0.4, -0.2) is 107 Å². The number of aliphatic hydroxyl groups is 1. The van der Waals surface area contributed by atoms with Crippen LogP contribution in [-0.2, 0) is 9.59 Å². The highest BCUT2D eigenvalue weighted by Gasteiger charge is 2.44. The molecule has 8 heteroatoms. The van der Waals surface area contributed by atoms with Crippen LogP contribution in [0.5, 0.6) is 0 Å². The minimum absolute atomic E-state index is 0.0981. The van der Waals surface area contributed by atoms with Crippen LogP contribution in [0.1, 0.15) is 50.5 Å². The lowest BCUT2D eigenvalue weighted by Crippen LogP contribution is -2.62. The molecule has 4 saturated heterocycles. The third kappa shape index (κ3) is 5.56. The van der Waals surface area contributed by atoms with Gasteiger partial charge in [0.1, 0.15) is 0 Å². The summed E-state index contributed by atoms with van der Waals surface area (Å²) in [5.74, 6) is 1.14. The maximum Gasteiger partial charge on any atom is 0.226 e. The SMILES string of the molecule is C[C@H](CC(=O)N1CCC(O)(CN2CNC(N3C[C@H]4C[C@@H]3CN(C)C4)CC2=O)CC1)c1ccccc1. The van der Waals surface area contributed by atoms with Crippen molar-refractivity contribution >= 4 is 11.8 Å². The van der Waals surface area contributed by atoms with E-state index in [0.29, 0.717) is 63.9 Å². The van der Waals surface area contributed by atoms with Crippen LogP contribution in [0.4, 0.5) is 0 Å². The fourth-order valence-electron chi connectivity index (χ4n) is 6.64. The van der Waals surface area contributed by atoms with Crippen LogP contribution in [0.3, 0.4) is 0 Å². The van der Waals surface area contributed by atoms with E-state index < -0.39 is 5.60 Å². The zero-order valence-corrected chi connectivity index (χ0v) is 21.2. The number of β-amino-alcohol motifs (C(OH)–C–C–N with tert-alkyl or cyclic N) is 1. The number of carbonyl (C=O) groups is 2. The molecule has 4 atom stereocenters. The molecule has 4 heterocycles. The van der Waals surface area contributed by atoms with Crippen molar-refractivity contribution in [3.8, 4) is 0 Å². The minimum atomic E-state index is -0.932. The highest BCUT2D eigenvalue weighted by molar-refractivity contribution is 5.78. The van der Waals surface area contributed by atoms with Gasteiger partial charge in [-0.05, 0) is 43.7 Å². The van der Waals surface area contributed by atoms with Gasteiger partial charge in [0.15, 0.2) is 0 Å². The normalized spacial score (nSPS) is 30.5. The fourth-order valence-corrected chi connectivity index (χ4v) is 6.64. The fraction of sp³-hybridized carbons (Fsp3) is 0.704. The Bertz CT molecular complexity index is 903. The van der Waals surface area contributed by atoms with Gasteiger partial charge in [0.25, 0.3) is 0 Å². The van der Waals surface area contributed by atoms with Crippen LogP contribution in [0.25, 0.3) is 0 Å². The second-order valence-electron chi connectivity index (χ2n) is 11.5. The third-order valence-electron chi connectivity index (χ3n) is 8.66. The maximum absolute atomic E-state index is 13.0. The number of likely N-dealkylation sites (N-methyl/N-ethyl adjacent to an activating group) is 1. The number of likely N-dealkylation sites (tertiary alicyclic amines) is 3. The zero-order valence-electron chi connectivity index (χ0n) is 21.2. The molecule has 1 unspecified atom stereocenters. The molecular weight excluding hydrogens is 442 g/mol. The van der Waals surface area contributed by atoms with Crippen molar-refractivity contribution in [1.82, 2.24) is 24.9 Å². The standard InChI is InChI=1S/C27H41N5O3/c1-20(22-6-4-3-5-7-22)12-25(33)30-10-8-27(35,9-11-30)18-31-19-28-24(14-26(31)34)32-16-21-13-23(32)17-29(2)15-21/h3-7,20-21,23-24,28,35H,8-19H2,1-2H3/t20-,21+,23-,24?/m1/s1. The Balaban J connectivity index is 1.09. The van der Waals surface area contributed by atoms with Crippen molar-refractivity contribution in [3.63, 3.8) is 0 Å². The summed E-state index contributed by atoms with van der Waals surface area (Å²) in [6, 6.07) is 10.7. The Kier molecular flexibility index (Phi) is 7.17. The van der Waals surface area contributed by atoms with Gasteiger partial charge in [0.05, 0.1) is 31.4 Å². The van der Waals surface area contributed by atoms with E-state index in [1.807, 2.05) is 23.1 Å². The van der Waals surface area contributed by atoms with Crippen LogP contribution in [0, 0.1) is 5.92 Å². The molecule has 0 aliphatic carbocycles. The Morgan fingerprint density at radius 3 is 2.63 bits per heavy atom. The Morgan fingerprint density at radius 1 is 1.17 bits per heavy atom. The summed E-state index contributed by atoms with van der Waals surface area (Å²) in [6.07, 6.45) is 3.29. The molecule has 2 bridgehead atoms. The number of nitrogens with zero attached hydrogens (tertiary/aromatic N) is 4. The molecule has 2 N–H and O–H groups in total. The first-order valence-electron chi connectivity index (χ1n) is 13.3. The number of amides is 2. The average molecular weight is 484 g/mol. The van der Waals surface area contributed by atoms with Crippen LogP contribution in [0.15, 0.2) is 30.3 Å². The number of hydrogen-bond acceptors (Lipinski definition) is 6. The molecule has 0 saturated carbocycles. The molecule has 35 heavy (non-hydrogen) atoms. The first-order chi connectivity index (χ1) is 16.8. The van der Waals surface area contributed by atoms with Crippen LogP contribution >= 0.6 is 0 Å². The van der Waals surface area contributed by atoms with Gasteiger partial charge in [-0.1, -0.05) is 37.3 Å². The first kappa shape index (κ1) is 24.7. The molecule has 4 aliphatic rings. The summed E-state index contributed by atoms with van der Waals surface area (Å²) in [5.41, 5.74) is 0.243. The largest absolute Gasteiger partial charge is 0.388 e. The second kappa shape index (κ2) is 10.2. The van der Waals surface area contributed by atoms with Crippen molar-refractivity contribution in [2.75, 3.05) is 53.0 Å². The molecule has 192 valence electrons. The molecule has 0 spiro atoms. The van der Waals surface area contributed by atoms with E-state index in [1.54, 1.807) is 4.90 Å². The Hall–Kier alpha value is -2.00. The van der Waals surface area contributed by atoms with Gasteiger partial charge in [0.2, 0.25) is 11.8 Å². The van der Waals surface area contributed by atoms with Crippen molar-refractivity contribution in [3.05, 3.63) is 35.9 Å². The lowest BCUT2D eigenvalue weighted by molar-refractivity contribution is -0.146. The van der Waals surface area contributed by atoms with Gasteiger partial charge in [-0.2, -0.15) is 0 Å². The van der Waals surface area contributed by atoms with Gasteiger partial charge in [-0.3, -0.25) is 19.8 Å². The number of rotatable bonds is 6. The molecular formula is C27H41N5O3. The number of piperidine rings is 2. The lowest BCUT2D eigenvalue weighted by atomic mass is 9.89. The van der Waals surface area contributed by atoms with E-state index in [4.69, 9.17) is 0 Å². The van der Waals surface area contributed by atoms with E-state index in [9.17, 15) is 14.7 Å². The first-order valence-corrected chi connectivity index (χ1v) is 13.3. The van der Waals surface area contributed by atoms with E-state index in [0.717, 1.165) is 19.6 Å². The van der Waals surface area contributed by atoms with E-state index in [2.05, 4.69) is 41.2 Å². The quantitative estimate of drug-likeness (QED) is 0.635. The number of carbonyl (C=O) groups excluding carboxylic acids is 2. The van der Waals surface area contributed by atoms with Crippen molar-refractivity contribution in [2.24, 2.45) is 5.92 Å². The summed E-state index contributed by atoms with van der Waals surface area (Å²) < 4.78 is 0.